The Morgan fingerprint density at radius 3 is 2.43 bits per heavy atom. The fraction of sp³-hybridized carbons (Fsp3) is 0.214. The minimum absolute atomic E-state index is 0.332. The van der Waals surface area contributed by atoms with Crippen LogP contribution in [0.25, 0.3) is 21.9 Å². The summed E-state index contributed by atoms with van der Waals surface area (Å²) < 4.78 is 10.8. The van der Waals surface area contributed by atoms with E-state index in [0.717, 1.165) is 66.1 Å². The second kappa shape index (κ2) is 10.5. The molecular formula is C28H28N4O3. The van der Waals surface area contributed by atoms with E-state index in [9.17, 15) is 4.79 Å². The molecule has 1 aliphatic rings. The van der Waals surface area contributed by atoms with Crippen LogP contribution >= 0.6 is 0 Å². The quantitative estimate of drug-likeness (QED) is 0.397. The van der Waals surface area contributed by atoms with Crippen molar-refractivity contribution >= 4 is 28.2 Å². The van der Waals surface area contributed by atoms with Gasteiger partial charge in [0, 0.05) is 36.8 Å². The Kier molecular flexibility index (Phi) is 6.88. The minimum atomic E-state index is -0.332. The second-order valence-corrected chi connectivity index (χ2v) is 8.41. The molecule has 2 heterocycles. The van der Waals surface area contributed by atoms with E-state index in [1.165, 1.54) is 0 Å². The third-order valence-electron chi connectivity index (χ3n) is 6.15. The van der Waals surface area contributed by atoms with Gasteiger partial charge in [0.1, 0.15) is 5.75 Å². The maximum absolute atomic E-state index is 12.8. The topological polar surface area (TPSA) is 75.7 Å². The van der Waals surface area contributed by atoms with Gasteiger partial charge in [-0.25, -0.2) is 4.79 Å². The van der Waals surface area contributed by atoms with Crippen LogP contribution in [0.5, 0.6) is 5.75 Å². The third kappa shape index (κ3) is 5.26. The van der Waals surface area contributed by atoms with Crippen molar-refractivity contribution < 1.29 is 14.3 Å². The Hall–Kier alpha value is -3.94. The Bertz CT molecular complexity index is 1320. The van der Waals surface area contributed by atoms with Crippen LogP contribution in [0, 0.1) is 0 Å². The van der Waals surface area contributed by atoms with Crippen LogP contribution in [-0.4, -0.2) is 49.3 Å². The van der Waals surface area contributed by atoms with Gasteiger partial charge in [0.2, 0.25) is 0 Å². The maximum atomic E-state index is 12.8. The van der Waals surface area contributed by atoms with Gasteiger partial charge in [-0.15, -0.1) is 0 Å². The first kappa shape index (κ1) is 22.8. The number of carbonyl (C=O) groups is 1. The van der Waals surface area contributed by atoms with E-state index in [2.05, 4.69) is 33.7 Å². The van der Waals surface area contributed by atoms with Crippen molar-refractivity contribution in [3.05, 3.63) is 84.7 Å². The molecule has 0 atom stereocenters. The summed E-state index contributed by atoms with van der Waals surface area (Å²) in [5.41, 5.74) is 4.50. The molecule has 0 saturated carbocycles. The lowest BCUT2D eigenvalue weighted by atomic mass is 9.98. The van der Waals surface area contributed by atoms with E-state index >= 15 is 0 Å². The van der Waals surface area contributed by atoms with Crippen molar-refractivity contribution in [2.75, 3.05) is 44.0 Å². The molecule has 1 fully saturated rings. The van der Waals surface area contributed by atoms with Gasteiger partial charge in [-0.1, -0.05) is 48.5 Å². The van der Waals surface area contributed by atoms with Crippen molar-refractivity contribution in [1.82, 2.24) is 9.88 Å². The summed E-state index contributed by atoms with van der Waals surface area (Å²) in [5.74, 6) is 0.604. The predicted octanol–water partition coefficient (Wildman–Crippen LogP) is 5.39. The van der Waals surface area contributed by atoms with Gasteiger partial charge in [-0.3, -0.25) is 9.88 Å². The SMILES string of the molecule is COc1ccccc1NC(=O)Nc1ccc(-c2ccc(CN3CCOCC3)nc2)c2ccccc12. The second-order valence-electron chi connectivity index (χ2n) is 8.41. The lowest BCUT2D eigenvalue weighted by Crippen LogP contribution is -2.35. The van der Waals surface area contributed by atoms with E-state index < -0.39 is 0 Å². The number of benzene rings is 3. The summed E-state index contributed by atoms with van der Waals surface area (Å²) in [6.45, 7) is 4.26. The number of aromatic nitrogens is 1. The number of ether oxygens (including phenoxy) is 2. The average Bonchev–Trinajstić information content (AvgIpc) is 2.90. The minimum Gasteiger partial charge on any atom is -0.495 e. The molecule has 0 spiro atoms. The average molecular weight is 469 g/mol. The lowest BCUT2D eigenvalue weighted by Gasteiger charge is -2.26. The van der Waals surface area contributed by atoms with Crippen LogP contribution in [0.3, 0.4) is 0 Å². The number of pyridine rings is 1. The first-order valence-electron chi connectivity index (χ1n) is 11.7. The fourth-order valence-electron chi connectivity index (χ4n) is 4.35. The number of amides is 2. The number of hydrogen-bond donors (Lipinski definition) is 2. The van der Waals surface area contributed by atoms with E-state index in [0.29, 0.717) is 11.4 Å². The van der Waals surface area contributed by atoms with Crippen molar-refractivity contribution in [2.24, 2.45) is 0 Å². The number of methoxy groups -OCH3 is 1. The van der Waals surface area contributed by atoms with E-state index in [1.807, 2.05) is 48.7 Å². The molecule has 2 amide bonds. The number of rotatable bonds is 6. The lowest BCUT2D eigenvalue weighted by molar-refractivity contribution is 0.0336. The number of nitrogens with zero attached hydrogens (tertiary/aromatic N) is 2. The summed E-state index contributed by atoms with van der Waals surface area (Å²) in [6.07, 6.45) is 1.93. The summed E-state index contributed by atoms with van der Waals surface area (Å²) >= 11 is 0. The van der Waals surface area contributed by atoms with Gasteiger partial charge in [-0.05, 0) is 35.2 Å². The number of hydrogen-bond acceptors (Lipinski definition) is 5. The smallest absolute Gasteiger partial charge is 0.323 e. The summed E-state index contributed by atoms with van der Waals surface area (Å²) in [6, 6.07) is 23.2. The molecule has 0 bridgehead atoms. The van der Waals surface area contributed by atoms with Gasteiger partial charge in [-0.2, -0.15) is 0 Å². The van der Waals surface area contributed by atoms with Crippen LogP contribution in [0.1, 0.15) is 5.69 Å². The van der Waals surface area contributed by atoms with E-state index in [-0.39, 0.29) is 6.03 Å². The zero-order valence-corrected chi connectivity index (χ0v) is 19.7. The summed E-state index contributed by atoms with van der Waals surface area (Å²) in [4.78, 5) is 19.8. The van der Waals surface area contributed by atoms with Crippen molar-refractivity contribution in [2.45, 2.75) is 6.54 Å². The Labute approximate surface area is 204 Å². The Balaban J connectivity index is 1.36. The van der Waals surface area contributed by atoms with Crippen molar-refractivity contribution in [3.8, 4) is 16.9 Å². The molecule has 178 valence electrons. The number of carbonyl (C=O) groups excluding carboxylic acids is 1. The first-order chi connectivity index (χ1) is 17.2. The number of morpholine rings is 1. The molecular weight excluding hydrogens is 440 g/mol. The highest BCUT2D eigenvalue weighted by Crippen LogP contribution is 2.33. The zero-order chi connectivity index (χ0) is 24.0. The highest BCUT2D eigenvalue weighted by Gasteiger charge is 2.14. The monoisotopic (exact) mass is 468 g/mol. The molecule has 7 heteroatoms. The van der Waals surface area contributed by atoms with Crippen LogP contribution in [-0.2, 0) is 11.3 Å². The molecule has 0 unspecified atom stereocenters. The zero-order valence-electron chi connectivity index (χ0n) is 19.7. The molecule has 4 aromatic rings. The number of urea groups is 1. The van der Waals surface area contributed by atoms with Gasteiger partial charge >= 0.3 is 6.03 Å². The number of fused-ring (bicyclic) bond motifs is 1. The molecule has 1 aliphatic heterocycles. The fourth-order valence-corrected chi connectivity index (χ4v) is 4.35. The summed E-state index contributed by atoms with van der Waals surface area (Å²) in [7, 11) is 1.58. The molecule has 1 saturated heterocycles. The maximum Gasteiger partial charge on any atom is 0.323 e. The Morgan fingerprint density at radius 1 is 0.914 bits per heavy atom. The van der Waals surface area contributed by atoms with Crippen LogP contribution in [0.4, 0.5) is 16.2 Å². The number of para-hydroxylation sites is 2. The standard InChI is InChI=1S/C28H28N4O3/c1-34-27-9-5-4-8-26(27)31-28(33)30-25-13-12-22(23-6-2-3-7-24(23)25)20-10-11-21(29-18-20)19-32-14-16-35-17-15-32/h2-13,18H,14-17,19H2,1H3,(H2,30,31,33). The van der Waals surface area contributed by atoms with Crippen LogP contribution < -0.4 is 15.4 Å². The van der Waals surface area contributed by atoms with E-state index in [4.69, 9.17) is 14.5 Å². The molecule has 35 heavy (non-hydrogen) atoms. The molecule has 5 rings (SSSR count). The molecule has 7 nitrogen and oxygen atoms in total. The molecule has 0 radical (unpaired) electrons. The number of nitrogens with one attached hydrogen (secondary N) is 2. The van der Waals surface area contributed by atoms with Crippen LogP contribution in [0.2, 0.25) is 0 Å². The highest BCUT2D eigenvalue weighted by atomic mass is 16.5. The summed E-state index contributed by atoms with van der Waals surface area (Å²) in [5, 5.41) is 7.85. The van der Waals surface area contributed by atoms with E-state index in [1.54, 1.807) is 19.2 Å². The van der Waals surface area contributed by atoms with Gasteiger partial charge < -0.3 is 20.1 Å². The Morgan fingerprint density at radius 2 is 1.66 bits per heavy atom. The van der Waals surface area contributed by atoms with Gasteiger partial charge in [0.05, 0.1) is 37.4 Å². The highest BCUT2D eigenvalue weighted by molar-refractivity contribution is 6.10. The molecule has 0 aliphatic carbocycles. The normalized spacial score (nSPS) is 14.0. The molecule has 1 aromatic heterocycles. The van der Waals surface area contributed by atoms with Crippen molar-refractivity contribution in [3.63, 3.8) is 0 Å². The van der Waals surface area contributed by atoms with Gasteiger partial charge in [0.25, 0.3) is 0 Å². The molecule has 3 aromatic carbocycles. The molecule has 2 N–H and O–H groups in total. The first-order valence-corrected chi connectivity index (χ1v) is 11.7. The predicted molar refractivity (Wildman–Crippen MR) is 139 cm³/mol. The van der Waals surface area contributed by atoms with Gasteiger partial charge in [0.15, 0.2) is 0 Å². The third-order valence-corrected chi connectivity index (χ3v) is 6.15. The number of anilines is 2. The van der Waals surface area contributed by atoms with Crippen LogP contribution in [0.15, 0.2) is 79.0 Å². The largest absolute Gasteiger partial charge is 0.495 e. The van der Waals surface area contributed by atoms with Crippen molar-refractivity contribution in [1.29, 1.82) is 0 Å².